The molecule has 0 bridgehead atoms. The molecular formula is C18H21F3N4O3S. The molecule has 0 atom stereocenters. The van der Waals surface area contributed by atoms with Gasteiger partial charge in [-0.2, -0.15) is 0 Å². The van der Waals surface area contributed by atoms with Crippen LogP contribution in [-0.2, 0) is 23.1 Å². The number of ether oxygens (including phenoxy) is 1. The van der Waals surface area contributed by atoms with Gasteiger partial charge in [0.1, 0.15) is 5.75 Å². The van der Waals surface area contributed by atoms with Crippen molar-refractivity contribution in [2.45, 2.75) is 24.3 Å². The minimum atomic E-state index is -4.77. The van der Waals surface area contributed by atoms with Crippen molar-refractivity contribution in [1.29, 1.82) is 0 Å². The summed E-state index contributed by atoms with van der Waals surface area (Å²) >= 11 is 0. The second kappa shape index (κ2) is 9.61. The predicted molar refractivity (Wildman–Crippen MR) is 103 cm³/mol. The van der Waals surface area contributed by atoms with Gasteiger partial charge < -0.3 is 15.4 Å². The summed E-state index contributed by atoms with van der Waals surface area (Å²) < 4.78 is 67.2. The van der Waals surface area contributed by atoms with E-state index in [0.29, 0.717) is 18.1 Å². The van der Waals surface area contributed by atoms with E-state index in [0.717, 1.165) is 5.56 Å². The number of halogens is 3. The molecule has 0 unspecified atom stereocenters. The van der Waals surface area contributed by atoms with Crippen LogP contribution in [0.2, 0.25) is 0 Å². The number of nitrogens with zero attached hydrogens (tertiary/aromatic N) is 1. The molecule has 29 heavy (non-hydrogen) atoms. The number of aliphatic imine (C=N–C) groups is 1. The van der Waals surface area contributed by atoms with Gasteiger partial charge in [0, 0.05) is 25.7 Å². The first-order chi connectivity index (χ1) is 13.6. The Morgan fingerprint density at radius 1 is 1.03 bits per heavy atom. The first-order valence-corrected chi connectivity index (χ1v) is 9.93. The quantitative estimate of drug-likeness (QED) is 0.463. The standard InChI is InChI=1S/C18H21F3N4O3S/c1-22-17(24-11-13-7-9-15(10-8-13)29(26,27)23-2)25-12-14-5-3-4-6-16(14)28-18(19,20)21/h3-10,23H,11-12H2,1-2H3,(H2,22,24,25). The summed E-state index contributed by atoms with van der Waals surface area (Å²) in [5.41, 5.74) is 1.11. The molecule has 158 valence electrons. The Balaban J connectivity index is 1.96. The molecule has 0 fully saturated rings. The summed E-state index contributed by atoms with van der Waals surface area (Å²) in [6.07, 6.45) is -4.77. The lowest BCUT2D eigenvalue weighted by molar-refractivity contribution is -0.274. The molecule has 0 aliphatic heterocycles. The lowest BCUT2D eigenvalue weighted by Gasteiger charge is -2.15. The highest BCUT2D eigenvalue weighted by molar-refractivity contribution is 7.89. The molecule has 2 rings (SSSR count). The van der Waals surface area contributed by atoms with Crippen molar-refractivity contribution < 1.29 is 26.3 Å². The second-order valence-electron chi connectivity index (χ2n) is 5.79. The number of para-hydroxylation sites is 1. The van der Waals surface area contributed by atoms with Gasteiger partial charge in [0.15, 0.2) is 5.96 Å². The van der Waals surface area contributed by atoms with Crippen LogP contribution in [0.5, 0.6) is 5.75 Å². The molecule has 2 aromatic rings. The maximum absolute atomic E-state index is 12.5. The Hall–Kier alpha value is -2.79. The lowest BCUT2D eigenvalue weighted by Crippen LogP contribution is -2.36. The topological polar surface area (TPSA) is 91.8 Å². The molecule has 0 spiro atoms. The summed E-state index contributed by atoms with van der Waals surface area (Å²) in [7, 11) is -0.650. The summed E-state index contributed by atoms with van der Waals surface area (Å²) in [4.78, 5) is 4.16. The summed E-state index contributed by atoms with van der Waals surface area (Å²) in [6, 6.07) is 12.1. The minimum Gasteiger partial charge on any atom is -0.405 e. The van der Waals surface area contributed by atoms with Crippen LogP contribution in [0, 0.1) is 0 Å². The monoisotopic (exact) mass is 430 g/mol. The molecule has 0 aliphatic carbocycles. The number of alkyl halides is 3. The first kappa shape index (κ1) is 22.5. The molecule has 0 heterocycles. The molecular weight excluding hydrogens is 409 g/mol. The lowest BCUT2D eigenvalue weighted by atomic mass is 10.2. The van der Waals surface area contributed by atoms with Gasteiger partial charge in [-0.1, -0.05) is 30.3 Å². The third-order valence-electron chi connectivity index (χ3n) is 3.83. The highest BCUT2D eigenvalue weighted by Crippen LogP contribution is 2.26. The number of hydrogen-bond acceptors (Lipinski definition) is 4. The van der Waals surface area contributed by atoms with E-state index in [1.165, 1.54) is 44.4 Å². The molecule has 2 aromatic carbocycles. The van der Waals surface area contributed by atoms with Gasteiger partial charge in [-0.15, -0.1) is 13.2 Å². The fourth-order valence-corrected chi connectivity index (χ4v) is 3.09. The minimum absolute atomic E-state index is 0.0608. The number of nitrogens with one attached hydrogen (secondary N) is 3. The first-order valence-electron chi connectivity index (χ1n) is 8.45. The number of hydrogen-bond donors (Lipinski definition) is 3. The molecule has 3 N–H and O–H groups in total. The fraction of sp³-hybridized carbons (Fsp3) is 0.278. The van der Waals surface area contributed by atoms with Gasteiger partial charge in [-0.3, -0.25) is 4.99 Å². The number of sulfonamides is 1. The van der Waals surface area contributed by atoms with Crippen molar-refractivity contribution in [1.82, 2.24) is 15.4 Å². The van der Waals surface area contributed by atoms with Gasteiger partial charge in [0.05, 0.1) is 4.90 Å². The number of guanidine groups is 1. The maximum atomic E-state index is 12.5. The zero-order chi connectivity index (χ0) is 21.5. The van der Waals surface area contributed by atoms with Crippen LogP contribution in [0.3, 0.4) is 0 Å². The van der Waals surface area contributed by atoms with E-state index < -0.39 is 16.4 Å². The van der Waals surface area contributed by atoms with E-state index in [4.69, 9.17) is 0 Å². The number of benzene rings is 2. The van der Waals surface area contributed by atoms with Crippen molar-refractivity contribution in [2.75, 3.05) is 14.1 Å². The maximum Gasteiger partial charge on any atom is 0.573 e. The molecule has 11 heteroatoms. The molecule has 7 nitrogen and oxygen atoms in total. The van der Waals surface area contributed by atoms with E-state index in [2.05, 4.69) is 25.1 Å². The molecule has 0 saturated carbocycles. The van der Waals surface area contributed by atoms with Crippen LogP contribution in [0.25, 0.3) is 0 Å². The predicted octanol–water partition coefficient (Wildman–Crippen LogP) is 2.36. The van der Waals surface area contributed by atoms with Crippen LogP contribution in [0.1, 0.15) is 11.1 Å². The SMILES string of the molecule is CN=C(NCc1ccc(S(=O)(=O)NC)cc1)NCc1ccccc1OC(F)(F)F. The summed E-state index contributed by atoms with van der Waals surface area (Å²) in [5.74, 6) is 0.0722. The Labute approximate surface area is 167 Å². The highest BCUT2D eigenvalue weighted by atomic mass is 32.2. The van der Waals surface area contributed by atoms with Gasteiger partial charge in [-0.25, -0.2) is 13.1 Å². The van der Waals surface area contributed by atoms with Crippen LogP contribution in [-0.4, -0.2) is 34.8 Å². The van der Waals surface area contributed by atoms with Crippen molar-refractivity contribution in [3.63, 3.8) is 0 Å². The molecule has 0 radical (unpaired) electrons. The van der Waals surface area contributed by atoms with Crippen LogP contribution < -0.4 is 20.1 Å². The molecule has 0 aliphatic rings. The van der Waals surface area contributed by atoms with Gasteiger partial charge in [0.2, 0.25) is 10.0 Å². The third-order valence-corrected chi connectivity index (χ3v) is 5.26. The average Bonchev–Trinajstić information content (AvgIpc) is 2.68. The van der Waals surface area contributed by atoms with Crippen LogP contribution in [0.15, 0.2) is 58.4 Å². The fourth-order valence-electron chi connectivity index (χ4n) is 2.36. The smallest absolute Gasteiger partial charge is 0.405 e. The number of rotatable bonds is 7. The van der Waals surface area contributed by atoms with Crippen LogP contribution in [0.4, 0.5) is 13.2 Å². The van der Waals surface area contributed by atoms with E-state index in [1.54, 1.807) is 18.2 Å². The van der Waals surface area contributed by atoms with E-state index in [9.17, 15) is 21.6 Å². The zero-order valence-electron chi connectivity index (χ0n) is 15.7. The molecule has 0 amide bonds. The Kier molecular flexibility index (Phi) is 7.46. The molecule has 0 saturated heterocycles. The second-order valence-corrected chi connectivity index (χ2v) is 7.67. The van der Waals surface area contributed by atoms with E-state index in [1.807, 2.05) is 0 Å². The van der Waals surface area contributed by atoms with Crippen LogP contribution >= 0.6 is 0 Å². The summed E-state index contributed by atoms with van der Waals surface area (Å²) in [6.45, 7) is 0.394. The van der Waals surface area contributed by atoms with Crippen molar-refractivity contribution in [2.24, 2.45) is 4.99 Å². The van der Waals surface area contributed by atoms with Crippen molar-refractivity contribution >= 4 is 16.0 Å². The normalized spacial score (nSPS) is 12.5. The van der Waals surface area contributed by atoms with Crippen molar-refractivity contribution in [3.8, 4) is 5.75 Å². The highest BCUT2D eigenvalue weighted by Gasteiger charge is 2.31. The zero-order valence-corrected chi connectivity index (χ0v) is 16.6. The van der Waals surface area contributed by atoms with E-state index >= 15 is 0 Å². The van der Waals surface area contributed by atoms with Gasteiger partial charge in [0.25, 0.3) is 0 Å². The Bertz CT molecular complexity index is 946. The van der Waals surface area contributed by atoms with Crippen molar-refractivity contribution in [3.05, 3.63) is 59.7 Å². The third kappa shape index (κ3) is 6.95. The van der Waals surface area contributed by atoms with Gasteiger partial charge >= 0.3 is 6.36 Å². The molecule has 0 aromatic heterocycles. The van der Waals surface area contributed by atoms with Gasteiger partial charge in [-0.05, 0) is 30.8 Å². The Morgan fingerprint density at radius 3 is 2.24 bits per heavy atom. The Morgan fingerprint density at radius 2 is 1.66 bits per heavy atom. The van der Waals surface area contributed by atoms with E-state index in [-0.39, 0.29) is 17.2 Å². The average molecular weight is 430 g/mol. The summed E-state index contributed by atoms with van der Waals surface area (Å²) in [5, 5.41) is 5.92. The largest absolute Gasteiger partial charge is 0.573 e.